The van der Waals surface area contributed by atoms with Gasteiger partial charge in [-0.25, -0.2) is 4.98 Å². The van der Waals surface area contributed by atoms with Gasteiger partial charge in [0.25, 0.3) is 5.91 Å². The second-order valence-electron chi connectivity index (χ2n) is 4.22. The number of anilines is 1. The lowest BCUT2D eigenvalue weighted by Crippen LogP contribution is -2.12. The van der Waals surface area contributed by atoms with E-state index in [1.165, 1.54) is 0 Å². The number of fused-ring (bicyclic) bond motifs is 1. The molecule has 1 N–H and O–H groups in total. The van der Waals surface area contributed by atoms with Crippen LogP contribution in [0, 0.1) is 0 Å². The Kier molecular flexibility index (Phi) is 3.34. The molecule has 1 amide bonds. The lowest BCUT2D eigenvalue weighted by Gasteiger charge is -2.07. The van der Waals surface area contributed by atoms with Crippen LogP contribution in [0.1, 0.15) is 10.4 Å². The van der Waals surface area contributed by atoms with Gasteiger partial charge in [-0.15, -0.1) is 0 Å². The van der Waals surface area contributed by atoms with Crippen LogP contribution in [0.3, 0.4) is 0 Å². The number of halogens is 2. The molecule has 0 aliphatic heterocycles. The molecule has 0 bridgehead atoms. The van der Waals surface area contributed by atoms with E-state index in [0.29, 0.717) is 21.3 Å². The van der Waals surface area contributed by atoms with Crippen LogP contribution in [0.4, 0.5) is 5.69 Å². The van der Waals surface area contributed by atoms with E-state index in [4.69, 9.17) is 23.2 Å². The van der Waals surface area contributed by atoms with Crippen molar-refractivity contribution in [3.63, 3.8) is 0 Å². The van der Waals surface area contributed by atoms with Crippen LogP contribution in [-0.2, 0) is 0 Å². The fourth-order valence-electron chi connectivity index (χ4n) is 1.85. The summed E-state index contributed by atoms with van der Waals surface area (Å²) in [5, 5.41) is 3.67. The number of nitrogens with zero attached hydrogens (tertiary/aromatic N) is 2. The van der Waals surface area contributed by atoms with Crippen LogP contribution in [0.15, 0.2) is 49.1 Å². The van der Waals surface area contributed by atoms with Crippen LogP contribution >= 0.6 is 23.2 Å². The number of hydrogen-bond acceptors (Lipinski definition) is 2. The van der Waals surface area contributed by atoms with Crippen LogP contribution in [0.25, 0.3) is 5.52 Å². The summed E-state index contributed by atoms with van der Waals surface area (Å²) in [7, 11) is 0. The molecule has 0 atom stereocenters. The van der Waals surface area contributed by atoms with E-state index in [-0.39, 0.29) is 5.91 Å². The van der Waals surface area contributed by atoms with Crippen LogP contribution in [0.2, 0.25) is 10.0 Å². The van der Waals surface area contributed by atoms with Gasteiger partial charge in [0.15, 0.2) is 0 Å². The molecule has 0 spiro atoms. The van der Waals surface area contributed by atoms with E-state index < -0.39 is 0 Å². The monoisotopic (exact) mass is 305 g/mol. The molecule has 100 valence electrons. The Morgan fingerprint density at radius 3 is 2.85 bits per heavy atom. The van der Waals surface area contributed by atoms with Crippen molar-refractivity contribution in [2.45, 2.75) is 0 Å². The minimum absolute atomic E-state index is 0.238. The van der Waals surface area contributed by atoms with Crippen molar-refractivity contribution in [3.8, 4) is 0 Å². The van der Waals surface area contributed by atoms with Gasteiger partial charge in [-0.1, -0.05) is 23.2 Å². The summed E-state index contributed by atoms with van der Waals surface area (Å²) < 4.78 is 1.83. The first-order valence-electron chi connectivity index (χ1n) is 5.81. The van der Waals surface area contributed by atoms with Gasteiger partial charge in [0, 0.05) is 16.8 Å². The van der Waals surface area contributed by atoms with Crippen molar-refractivity contribution in [1.29, 1.82) is 0 Å². The molecule has 3 rings (SSSR count). The SMILES string of the molecule is O=C(Nc1ccc(Cl)cc1Cl)c1ccn2cncc2c1. The van der Waals surface area contributed by atoms with Gasteiger partial charge in [0.2, 0.25) is 0 Å². The molecule has 0 aliphatic rings. The standard InChI is InChI=1S/C14H9Cl2N3O/c15-10-1-2-13(12(16)6-10)18-14(20)9-3-4-19-8-17-7-11(19)5-9/h1-8H,(H,18,20). The number of hydrogen-bond donors (Lipinski definition) is 1. The van der Waals surface area contributed by atoms with E-state index in [9.17, 15) is 4.79 Å². The average molecular weight is 306 g/mol. The zero-order chi connectivity index (χ0) is 14.1. The molecule has 3 aromatic rings. The number of rotatable bonds is 2. The molecule has 0 radical (unpaired) electrons. The molecule has 0 fully saturated rings. The number of pyridine rings is 1. The first-order chi connectivity index (χ1) is 9.63. The zero-order valence-corrected chi connectivity index (χ0v) is 11.7. The predicted octanol–water partition coefficient (Wildman–Crippen LogP) is 3.89. The van der Waals surface area contributed by atoms with Crippen LogP contribution in [0.5, 0.6) is 0 Å². The highest BCUT2D eigenvalue weighted by Crippen LogP contribution is 2.25. The lowest BCUT2D eigenvalue weighted by molar-refractivity contribution is 0.102. The van der Waals surface area contributed by atoms with Crippen molar-refractivity contribution in [3.05, 3.63) is 64.7 Å². The fraction of sp³-hybridized carbons (Fsp3) is 0. The molecule has 0 saturated carbocycles. The molecule has 1 aromatic carbocycles. The molecule has 0 saturated heterocycles. The minimum atomic E-state index is -0.238. The van der Waals surface area contributed by atoms with Gasteiger partial charge < -0.3 is 9.72 Å². The summed E-state index contributed by atoms with van der Waals surface area (Å²) in [5.74, 6) is -0.238. The second-order valence-corrected chi connectivity index (χ2v) is 5.06. The highest BCUT2D eigenvalue weighted by Gasteiger charge is 2.09. The number of carbonyl (C=O) groups excluding carboxylic acids is 1. The summed E-state index contributed by atoms with van der Waals surface area (Å²) in [6.07, 6.45) is 5.14. The molecule has 20 heavy (non-hydrogen) atoms. The normalized spacial score (nSPS) is 10.7. The molecular weight excluding hydrogens is 297 g/mol. The maximum absolute atomic E-state index is 12.2. The van der Waals surface area contributed by atoms with Gasteiger partial charge in [-0.05, 0) is 30.3 Å². The Bertz CT molecular complexity index is 798. The smallest absolute Gasteiger partial charge is 0.255 e. The largest absolute Gasteiger partial charge is 0.321 e. The molecular formula is C14H9Cl2N3O. The Balaban J connectivity index is 1.88. The Labute approximate surface area is 125 Å². The Hall–Kier alpha value is -2.04. The summed E-state index contributed by atoms with van der Waals surface area (Å²) in [6, 6.07) is 8.39. The third-order valence-corrected chi connectivity index (χ3v) is 3.40. The molecule has 0 unspecified atom stereocenters. The number of carbonyl (C=O) groups is 1. The van der Waals surface area contributed by atoms with E-state index in [1.807, 2.05) is 4.40 Å². The molecule has 2 aromatic heterocycles. The fourth-order valence-corrected chi connectivity index (χ4v) is 2.30. The topological polar surface area (TPSA) is 46.4 Å². The zero-order valence-electron chi connectivity index (χ0n) is 10.2. The highest BCUT2D eigenvalue weighted by atomic mass is 35.5. The lowest BCUT2D eigenvalue weighted by atomic mass is 10.2. The van der Waals surface area contributed by atoms with Crippen molar-refractivity contribution < 1.29 is 4.79 Å². The summed E-state index contributed by atoms with van der Waals surface area (Å²) in [6.45, 7) is 0. The summed E-state index contributed by atoms with van der Waals surface area (Å²) >= 11 is 11.8. The summed E-state index contributed by atoms with van der Waals surface area (Å²) in [4.78, 5) is 16.2. The van der Waals surface area contributed by atoms with Crippen molar-refractivity contribution in [2.24, 2.45) is 0 Å². The van der Waals surface area contributed by atoms with E-state index >= 15 is 0 Å². The van der Waals surface area contributed by atoms with Crippen LogP contribution in [-0.4, -0.2) is 15.3 Å². The maximum atomic E-state index is 12.2. The minimum Gasteiger partial charge on any atom is -0.321 e. The van der Waals surface area contributed by atoms with E-state index in [0.717, 1.165) is 5.52 Å². The third kappa shape index (κ3) is 2.48. The predicted molar refractivity (Wildman–Crippen MR) is 79.6 cm³/mol. The van der Waals surface area contributed by atoms with Crippen molar-refractivity contribution >= 4 is 40.3 Å². The number of aromatic nitrogens is 2. The van der Waals surface area contributed by atoms with Gasteiger partial charge in [0.1, 0.15) is 0 Å². The average Bonchev–Trinajstić information content (AvgIpc) is 2.89. The number of imidazole rings is 1. The first-order valence-corrected chi connectivity index (χ1v) is 6.57. The van der Waals surface area contributed by atoms with Gasteiger partial charge in [-0.2, -0.15) is 0 Å². The maximum Gasteiger partial charge on any atom is 0.255 e. The highest BCUT2D eigenvalue weighted by molar-refractivity contribution is 6.36. The van der Waals surface area contributed by atoms with Gasteiger partial charge in [0.05, 0.1) is 28.8 Å². The number of amides is 1. The van der Waals surface area contributed by atoms with E-state index in [2.05, 4.69) is 10.3 Å². The third-order valence-electron chi connectivity index (χ3n) is 2.86. The molecule has 0 aliphatic carbocycles. The van der Waals surface area contributed by atoms with Crippen molar-refractivity contribution in [2.75, 3.05) is 5.32 Å². The van der Waals surface area contributed by atoms with Crippen LogP contribution < -0.4 is 5.32 Å². The van der Waals surface area contributed by atoms with Gasteiger partial charge >= 0.3 is 0 Å². The molecule has 6 heteroatoms. The summed E-state index contributed by atoms with van der Waals surface area (Å²) in [5.41, 5.74) is 1.90. The first kappa shape index (κ1) is 13.0. The Morgan fingerprint density at radius 1 is 1.20 bits per heavy atom. The van der Waals surface area contributed by atoms with Gasteiger partial charge in [-0.3, -0.25) is 4.79 Å². The van der Waals surface area contributed by atoms with Crippen molar-refractivity contribution in [1.82, 2.24) is 9.38 Å². The Morgan fingerprint density at radius 2 is 2.05 bits per heavy atom. The quantitative estimate of drug-likeness (QED) is 0.780. The second kappa shape index (κ2) is 5.15. The number of nitrogens with one attached hydrogen (secondary N) is 1. The number of benzene rings is 1. The molecule has 4 nitrogen and oxygen atoms in total. The molecule has 2 heterocycles. The van der Waals surface area contributed by atoms with E-state index in [1.54, 1.807) is 49.1 Å².